The lowest BCUT2D eigenvalue weighted by Gasteiger charge is -2.13. The molecule has 0 aliphatic carbocycles. The summed E-state index contributed by atoms with van der Waals surface area (Å²) in [5.41, 5.74) is 2.81. The fourth-order valence-electron chi connectivity index (χ4n) is 2.10. The number of para-hydroxylation sites is 1. The van der Waals surface area contributed by atoms with Crippen molar-refractivity contribution in [1.29, 1.82) is 0 Å². The van der Waals surface area contributed by atoms with Crippen LogP contribution in [0.4, 0.5) is 18.9 Å². The molecule has 0 spiro atoms. The molecule has 0 amide bonds. The Kier molecular flexibility index (Phi) is 5.33. The monoisotopic (exact) mass is 338 g/mol. The summed E-state index contributed by atoms with van der Waals surface area (Å²) in [5, 5.41) is 4.04. The number of halogens is 3. The van der Waals surface area contributed by atoms with E-state index in [2.05, 4.69) is 10.5 Å². The second-order valence-corrected chi connectivity index (χ2v) is 4.92. The summed E-state index contributed by atoms with van der Waals surface area (Å²) in [4.78, 5) is 0. The highest BCUT2D eigenvalue weighted by Gasteiger charge is 2.33. The van der Waals surface area contributed by atoms with Crippen LogP contribution in [0.3, 0.4) is 0 Å². The van der Waals surface area contributed by atoms with E-state index >= 15 is 0 Å². The van der Waals surface area contributed by atoms with Crippen LogP contribution < -0.4 is 14.9 Å². The zero-order chi connectivity index (χ0) is 17.7. The molecule has 24 heavy (non-hydrogen) atoms. The van der Waals surface area contributed by atoms with Gasteiger partial charge in [0.25, 0.3) is 0 Å². The number of methoxy groups -OCH3 is 2. The van der Waals surface area contributed by atoms with Crippen molar-refractivity contribution in [1.82, 2.24) is 0 Å². The molecule has 0 atom stereocenters. The first-order valence-corrected chi connectivity index (χ1v) is 7.05. The lowest BCUT2D eigenvalue weighted by Crippen LogP contribution is -2.09. The smallest absolute Gasteiger partial charge is 0.418 e. The molecule has 7 heteroatoms. The molecule has 2 aromatic rings. The highest BCUT2D eigenvalue weighted by molar-refractivity contribution is 5.99. The minimum absolute atomic E-state index is 0.107. The van der Waals surface area contributed by atoms with Crippen molar-refractivity contribution < 1.29 is 22.6 Å². The minimum atomic E-state index is -4.45. The Labute approximate surface area is 137 Å². The fraction of sp³-hybridized carbons (Fsp3) is 0.235. The number of ether oxygens (including phenoxy) is 2. The summed E-state index contributed by atoms with van der Waals surface area (Å²) < 4.78 is 49.2. The van der Waals surface area contributed by atoms with Gasteiger partial charge in [0.15, 0.2) is 11.5 Å². The van der Waals surface area contributed by atoms with Crippen LogP contribution in [0.1, 0.15) is 18.1 Å². The van der Waals surface area contributed by atoms with Gasteiger partial charge in [0, 0.05) is 5.56 Å². The summed E-state index contributed by atoms with van der Waals surface area (Å²) in [5.74, 6) is 1.07. The maximum absolute atomic E-state index is 13.0. The summed E-state index contributed by atoms with van der Waals surface area (Å²) >= 11 is 0. The Bertz CT molecular complexity index is 743. The van der Waals surface area contributed by atoms with Crippen LogP contribution in [-0.4, -0.2) is 19.9 Å². The third kappa shape index (κ3) is 3.98. The van der Waals surface area contributed by atoms with Gasteiger partial charge in [-0.1, -0.05) is 12.1 Å². The van der Waals surface area contributed by atoms with Gasteiger partial charge in [-0.25, -0.2) is 0 Å². The molecule has 0 fully saturated rings. The Hall–Kier alpha value is -2.70. The van der Waals surface area contributed by atoms with Gasteiger partial charge >= 0.3 is 6.18 Å². The number of nitrogens with zero attached hydrogens (tertiary/aromatic N) is 1. The first kappa shape index (κ1) is 17.7. The fourth-order valence-corrected chi connectivity index (χ4v) is 2.10. The van der Waals surface area contributed by atoms with Gasteiger partial charge in [-0.05, 0) is 37.3 Å². The number of hydrogen-bond donors (Lipinski definition) is 1. The van der Waals surface area contributed by atoms with E-state index in [1.807, 2.05) is 0 Å². The standard InChI is InChI=1S/C17H17F3N2O2/c1-11(12-8-9-15(23-2)16(10-12)24-3)21-22-14-7-5-4-6-13(14)17(18,19)20/h4-10,22H,1-3H3/b21-11-. The molecule has 0 aliphatic rings. The number of benzene rings is 2. The van der Waals surface area contributed by atoms with E-state index in [1.165, 1.54) is 32.4 Å². The van der Waals surface area contributed by atoms with E-state index in [-0.39, 0.29) is 5.69 Å². The van der Waals surface area contributed by atoms with Gasteiger partial charge < -0.3 is 9.47 Å². The topological polar surface area (TPSA) is 42.8 Å². The van der Waals surface area contributed by atoms with Gasteiger partial charge in [0.1, 0.15) is 0 Å². The van der Waals surface area contributed by atoms with E-state index in [4.69, 9.17) is 9.47 Å². The first-order chi connectivity index (χ1) is 11.4. The van der Waals surface area contributed by atoms with Crippen molar-refractivity contribution in [2.45, 2.75) is 13.1 Å². The second-order valence-electron chi connectivity index (χ2n) is 4.92. The predicted octanol–water partition coefficient (Wildman–Crippen LogP) is 4.56. The summed E-state index contributed by atoms with van der Waals surface area (Å²) in [6.07, 6.45) is -4.45. The molecule has 0 radical (unpaired) electrons. The quantitative estimate of drug-likeness (QED) is 0.642. The van der Waals surface area contributed by atoms with Crippen LogP contribution in [0.2, 0.25) is 0 Å². The summed E-state index contributed by atoms with van der Waals surface area (Å²) in [7, 11) is 3.03. The third-order valence-corrected chi connectivity index (χ3v) is 3.38. The van der Waals surface area contributed by atoms with E-state index < -0.39 is 11.7 Å². The number of nitrogens with one attached hydrogen (secondary N) is 1. The van der Waals surface area contributed by atoms with Gasteiger partial charge in [-0.2, -0.15) is 18.3 Å². The number of alkyl halides is 3. The Morgan fingerprint density at radius 2 is 1.67 bits per heavy atom. The molecule has 4 nitrogen and oxygen atoms in total. The SMILES string of the molecule is COc1ccc(/C(C)=N\Nc2ccccc2C(F)(F)F)cc1OC. The van der Waals surface area contributed by atoms with E-state index in [0.29, 0.717) is 22.8 Å². The zero-order valence-corrected chi connectivity index (χ0v) is 13.4. The Morgan fingerprint density at radius 3 is 2.29 bits per heavy atom. The highest BCUT2D eigenvalue weighted by Crippen LogP contribution is 2.34. The maximum atomic E-state index is 13.0. The largest absolute Gasteiger partial charge is 0.493 e. The number of hydrazone groups is 1. The van der Waals surface area contributed by atoms with Gasteiger partial charge in [-0.3, -0.25) is 5.43 Å². The van der Waals surface area contributed by atoms with Crippen LogP contribution in [-0.2, 0) is 6.18 Å². The van der Waals surface area contributed by atoms with Crippen molar-refractivity contribution >= 4 is 11.4 Å². The highest BCUT2D eigenvalue weighted by atomic mass is 19.4. The molecule has 0 saturated heterocycles. The predicted molar refractivity (Wildman–Crippen MR) is 86.8 cm³/mol. The van der Waals surface area contributed by atoms with E-state index in [0.717, 1.165) is 6.07 Å². The molecular formula is C17H17F3N2O2. The normalized spacial score (nSPS) is 12.0. The van der Waals surface area contributed by atoms with Crippen molar-refractivity contribution in [2.24, 2.45) is 5.10 Å². The van der Waals surface area contributed by atoms with Gasteiger partial charge in [0.2, 0.25) is 0 Å². The lowest BCUT2D eigenvalue weighted by molar-refractivity contribution is -0.136. The van der Waals surface area contributed by atoms with Crippen molar-refractivity contribution in [2.75, 3.05) is 19.6 Å². The van der Waals surface area contributed by atoms with Crippen LogP contribution in [0, 0.1) is 0 Å². The number of rotatable bonds is 5. The molecule has 0 aromatic heterocycles. The van der Waals surface area contributed by atoms with Crippen LogP contribution >= 0.6 is 0 Å². The molecule has 0 unspecified atom stereocenters. The lowest BCUT2D eigenvalue weighted by atomic mass is 10.1. The Balaban J connectivity index is 2.27. The molecule has 2 rings (SSSR count). The van der Waals surface area contributed by atoms with E-state index in [1.54, 1.807) is 25.1 Å². The minimum Gasteiger partial charge on any atom is -0.493 e. The molecule has 128 valence electrons. The van der Waals surface area contributed by atoms with Gasteiger partial charge in [0.05, 0.1) is 31.2 Å². The molecule has 2 aromatic carbocycles. The molecule has 0 bridgehead atoms. The zero-order valence-electron chi connectivity index (χ0n) is 13.4. The summed E-state index contributed by atoms with van der Waals surface area (Å²) in [6.45, 7) is 1.68. The van der Waals surface area contributed by atoms with Crippen LogP contribution in [0.25, 0.3) is 0 Å². The van der Waals surface area contributed by atoms with E-state index in [9.17, 15) is 13.2 Å². The molecule has 0 aliphatic heterocycles. The third-order valence-electron chi connectivity index (χ3n) is 3.38. The van der Waals surface area contributed by atoms with Crippen LogP contribution in [0.5, 0.6) is 11.5 Å². The average molecular weight is 338 g/mol. The van der Waals surface area contributed by atoms with Crippen molar-refractivity contribution in [3.8, 4) is 11.5 Å². The number of hydrogen-bond acceptors (Lipinski definition) is 4. The van der Waals surface area contributed by atoms with Gasteiger partial charge in [-0.15, -0.1) is 0 Å². The second kappa shape index (κ2) is 7.25. The Morgan fingerprint density at radius 1 is 1.00 bits per heavy atom. The average Bonchev–Trinajstić information content (AvgIpc) is 2.58. The molecule has 0 heterocycles. The van der Waals surface area contributed by atoms with Crippen molar-refractivity contribution in [3.05, 3.63) is 53.6 Å². The number of anilines is 1. The van der Waals surface area contributed by atoms with Crippen molar-refractivity contribution in [3.63, 3.8) is 0 Å². The molecule has 1 N–H and O–H groups in total. The van der Waals surface area contributed by atoms with Crippen LogP contribution in [0.15, 0.2) is 47.6 Å². The maximum Gasteiger partial charge on any atom is 0.418 e. The summed E-state index contributed by atoms with van der Waals surface area (Å²) in [6, 6.07) is 10.3. The first-order valence-electron chi connectivity index (χ1n) is 7.05. The molecule has 0 saturated carbocycles. The molecular weight excluding hydrogens is 321 g/mol.